The highest BCUT2D eigenvalue weighted by atomic mass is 19.1. The maximum atomic E-state index is 13.0. The van der Waals surface area contributed by atoms with Crippen LogP contribution in [-0.2, 0) is 9.53 Å². The number of aromatic nitrogens is 2. The molecule has 11 heteroatoms. The molecule has 1 heterocycles. The summed E-state index contributed by atoms with van der Waals surface area (Å²) in [7, 11) is 0. The Kier molecular flexibility index (Phi) is 6.11. The van der Waals surface area contributed by atoms with Crippen molar-refractivity contribution >= 4 is 17.6 Å². The van der Waals surface area contributed by atoms with Crippen molar-refractivity contribution in [3.63, 3.8) is 0 Å². The molecule has 0 spiro atoms. The van der Waals surface area contributed by atoms with E-state index in [1.165, 1.54) is 49.4 Å². The Bertz CT molecular complexity index is 1080. The number of hydrogen-bond acceptors (Lipinski definition) is 8. The number of halogens is 1. The van der Waals surface area contributed by atoms with Gasteiger partial charge in [-0.15, -0.1) is 10.2 Å². The summed E-state index contributed by atoms with van der Waals surface area (Å²) >= 11 is 0. The number of rotatable bonds is 7. The van der Waals surface area contributed by atoms with Crippen molar-refractivity contribution in [3.8, 4) is 11.5 Å². The lowest BCUT2D eigenvalue weighted by Crippen LogP contribution is -2.31. The number of ether oxygens (including phenoxy) is 1. The van der Waals surface area contributed by atoms with Crippen LogP contribution in [0.4, 0.5) is 10.1 Å². The van der Waals surface area contributed by atoms with Crippen molar-refractivity contribution in [2.75, 3.05) is 6.54 Å². The second-order valence-corrected chi connectivity index (χ2v) is 6.07. The number of nitro benzene ring substituents is 1. The van der Waals surface area contributed by atoms with Gasteiger partial charge in [0.1, 0.15) is 12.4 Å². The first kappa shape index (κ1) is 20.6. The van der Waals surface area contributed by atoms with Gasteiger partial charge in [-0.2, -0.15) is 0 Å². The maximum absolute atomic E-state index is 13.0. The molecule has 1 atom stereocenters. The number of esters is 1. The van der Waals surface area contributed by atoms with E-state index >= 15 is 0 Å². The lowest BCUT2D eigenvalue weighted by atomic mass is 10.2. The second-order valence-electron chi connectivity index (χ2n) is 6.07. The Morgan fingerprint density at radius 1 is 1.23 bits per heavy atom. The van der Waals surface area contributed by atoms with Crippen LogP contribution in [-0.4, -0.2) is 33.5 Å². The second kappa shape index (κ2) is 8.90. The minimum Gasteiger partial charge on any atom is -0.451 e. The Balaban J connectivity index is 1.55. The van der Waals surface area contributed by atoms with Gasteiger partial charge in [0, 0.05) is 23.3 Å². The maximum Gasteiger partial charge on any atom is 0.326 e. The van der Waals surface area contributed by atoms with Gasteiger partial charge >= 0.3 is 5.97 Å². The van der Waals surface area contributed by atoms with Crippen molar-refractivity contribution in [1.82, 2.24) is 15.5 Å². The SMILES string of the molecule is C[C@@H](OC(=O)CNC(=O)c1cccc([N+](=O)[O-])c1)c1nnc(-c2ccc(F)cc2)o1. The van der Waals surface area contributed by atoms with Crippen LogP contribution in [0.15, 0.2) is 52.9 Å². The van der Waals surface area contributed by atoms with E-state index in [1.54, 1.807) is 0 Å². The highest BCUT2D eigenvalue weighted by Gasteiger charge is 2.20. The van der Waals surface area contributed by atoms with Crippen molar-refractivity contribution < 1.29 is 28.1 Å². The Hall–Kier alpha value is -4.15. The minimum absolute atomic E-state index is 0.0210. The van der Waals surface area contributed by atoms with E-state index in [-0.39, 0.29) is 23.0 Å². The van der Waals surface area contributed by atoms with Crippen molar-refractivity contribution in [1.29, 1.82) is 0 Å². The molecule has 1 N–H and O–H groups in total. The van der Waals surface area contributed by atoms with Gasteiger partial charge in [-0.1, -0.05) is 6.07 Å². The topological polar surface area (TPSA) is 137 Å². The number of nitro groups is 1. The molecule has 0 aliphatic carbocycles. The number of nitrogens with zero attached hydrogens (tertiary/aromatic N) is 3. The molecule has 0 saturated heterocycles. The largest absolute Gasteiger partial charge is 0.451 e. The third kappa shape index (κ3) is 5.01. The summed E-state index contributed by atoms with van der Waals surface area (Å²) in [6.07, 6.45) is -0.895. The van der Waals surface area contributed by atoms with E-state index in [4.69, 9.17) is 9.15 Å². The summed E-state index contributed by atoms with van der Waals surface area (Å²) in [4.78, 5) is 34.2. The van der Waals surface area contributed by atoms with Crippen LogP contribution in [0.5, 0.6) is 0 Å². The number of non-ortho nitro benzene ring substituents is 1. The fourth-order valence-corrected chi connectivity index (χ4v) is 2.41. The number of hydrogen-bond donors (Lipinski definition) is 1. The Morgan fingerprint density at radius 3 is 2.67 bits per heavy atom. The first-order chi connectivity index (χ1) is 14.3. The van der Waals surface area contributed by atoms with E-state index in [1.807, 2.05) is 0 Å². The summed E-state index contributed by atoms with van der Waals surface area (Å²) in [5, 5.41) is 20.7. The van der Waals surface area contributed by atoms with Crippen LogP contribution in [0, 0.1) is 15.9 Å². The van der Waals surface area contributed by atoms with E-state index in [0.29, 0.717) is 5.56 Å². The zero-order valence-corrected chi connectivity index (χ0v) is 15.6. The Labute approximate surface area is 168 Å². The molecule has 0 radical (unpaired) electrons. The van der Waals surface area contributed by atoms with Crippen LogP contribution in [0.25, 0.3) is 11.5 Å². The van der Waals surface area contributed by atoms with Gasteiger partial charge in [-0.3, -0.25) is 19.7 Å². The van der Waals surface area contributed by atoms with Crippen molar-refractivity contribution in [2.45, 2.75) is 13.0 Å². The molecular weight excluding hydrogens is 399 g/mol. The molecule has 0 unspecified atom stereocenters. The number of carbonyl (C=O) groups excluding carboxylic acids is 2. The van der Waals surface area contributed by atoms with Crippen LogP contribution in [0.2, 0.25) is 0 Å². The summed E-state index contributed by atoms with van der Waals surface area (Å²) in [5.74, 6) is -1.70. The molecule has 1 amide bonds. The van der Waals surface area contributed by atoms with Gasteiger partial charge in [-0.05, 0) is 37.3 Å². The zero-order valence-electron chi connectivity index (χ0n) is 15.6. The van der Waals surface area contributed by atoms with Gasteiger partial charge in [-0.25, -0.2) is 4.39 Å². The molecule has 2 aromatic carbocycles. The summed E-state index contributed by atoms with van der Waals surface area (Å²) in [5.41, 5.74) is 0.288. The molecule has 3 rings (SSSR count). The zero-order chi connectivity index (χ0) is 21.7. The molecule has 10 nitrogen and oxygen atoms in total. The van der Waals surface area contributed by atoms with E-state index in [9.17, 15) is 24.1 Å². The lowest BCUT2D eigenvalue weighted by Gasteiger charge is -2.10. The number of amides is 1. The molecule has 154 valence electrons. The molecule has 0 aliphatic rings. The highest BCUT2D eigenvalue weighted by Crippen LogP contribution is 2.22. The minimum atomic E-state index is -0.895. The molecule has 0 bridgehead atoms. The first-order valence-electron chi connectivity index (χ1n) is 8.65. The molecule has 0 aliphatic heterocycles. The van der Waals surface area contributed by atoms with Crippen LogP contribution in [0.3, 0.4) is 0 Å². The number of carbonyl (C=O) groups is 2. The summed E-state index contributed by atoms with van der Waals surface area (Å²) in [6, 6.07) is 10.5. The molecule has 30 heavy (non-hydrogen) atoms. The lowest BCUT2D eigenvalue weighted by molar-refractivity contribution is -0.384. The monoisotopic (exact) mass is 414 g/mol. The van der Waals surface area contributed by atoms with Gasteiger partial charge in [0.15, 0.2) is 6.10 Å². The van der Waals surface area contributed by atoms with Gasteiger partial charge in [0.2, 0.25) is 5.89 Å². The fourth-order valence-electron chi connectivity index (χ4n) is 2.41. The summed E-state index contributed by atoms with van der Waals surface area (Å²) in [6.45, 7) is 1.03. The average Bonchev–Trinajstić information content (AvgIpc) is 3.23. The Morgan fingerprint density at radius 2 is 1.97 bits per heavy atom. The first-order valence-corrected chi connectivity index (χ1v) is 8.65. The molecule has 1 aromatic heterocycles. The summed E-state index contributed by atoms with van der Waals surface area (Å²) < 4.78 is 23.6. The predicted octanol–water partition coefficient (Wildman–Crippen LogP) is 2.82. The van der Waals surface area contributed by atoms with Crippen molar-refractivity contribution in [3.05, 3.63) is 75.9 Å². The normalized spacial score (nSPS) is 11.5. The van der Waals surface area contributed by atoms with Gasteiger partial charge < -0.3 is 14.5 Å². The molecule has 0 saturated carbocycles. The van der Waals surface area contributed by atoms with E-state index in [0.717, 1.165) is 6.07 Å². The quantitative estimate of drug-likeness (QED) is 0.354. The van der Waals surface area contributed by atoms with Crippen LogP contribution < -0.4 is 5.32 Å². The molecule has 0 fully saturated rings. The smallest absolute Gasteiger partial charge is 0.326 e. The van der Waals surface area contributed by atoms with Gasteiger partial charge in [0.25, 0.3) is 17.5 Å². The number of nitrogens with one attached hydrogen (secondary N) is 1. The highest BCUT2D eigenvalue weighted by molar-refractivity contribution is 5.96. The van der Waals surface area contributed by atoms with Crippen molar-refractivity contribution in [2.24, 2.45) is 0 Å². The van der Waals surface area contributed by atoms with Crippen LogP contribution in [0.1, 0.15) is 29.3 Å². The predicted molar refractivity (Wildman–Crippen MR) is 99.6 cm³/mol. The third-order valence-electron chi connectivity index (χ3n) is 3.90. The molecule has 3 aromatic rings. The van der Waals surface area contributed by atoms with E-state index < -0.39 is 35.3 Å². The third-order valence-corrected chi connectivity index (χ3v) is 3.90. The van der Waals surface area contributed by atoms with Crippen LogP contribution >= 0.6 is 0 Å². The fraction of sp³-hybridized carbons (Fsp3) is 0.158. The standard InChI is InChI=1S/C19H15FN4O6/c1-11(18-22-23-19(30-18)12-5-7-14(20)8-6-12)29-16(25)10-21-17(26)13-3-2-4-15(9-13)24(27)28/h2-9,11H,10H2,1H3,(H,21,26)/t11-/m1/s1. The van der Waals surface area contributed by atoms with Gasteiger partial charge in [0.05, 0.1) is 4.92 Å². The number of benzene rings is 2. The molecular formula is C19H15FN4O6. The van der Waals surface area contributed by atoms with E-state index in [2.05, 4.69) is 15.5 Å². The average molecular weight is 414 g/mol.